The lowest BCUT2D eigenvalue weighted by molar-refractivity contribution is -0.131. The standard InChI is InChI=1S/C26H30FN5O5/c1-13-22(26(35)31-18-10-32(14(2)33)7-6-19(18)34)24-25(30-13)23(28-12-29-24)16-8-21(36-3)17(27)9-20(16)37-11-15-4-5-15/h8-9,12,15,18-19,30,34H,4-7,10-11H2,1-3H3,(H,31,35). The van der Waals surface area contributed by atoms with Crippen molar-refractivity contribution in [3.05, 3.63) is 35.5 Å². The number of likely N-dealkylation sites (tertiary alicyclic amines) is 1. The van der Waals surface area contributed by atoms with Gasteiger partial charge in [-0.05, 0) is 38.2 Å². The molecule has 1 aromatic carbocycles. The van der Waals surface area contributed by atoms with E-state index in [-0.39, 0.29) is 18.2 Å². The SMILES string of the molecule is COc1cc(-c2ncnc3c(C(=O)NC4CN(C(C)=O)CCC4O)c(C)[nH]c23)c(OCC2CC2)cc1F. The van der Waals surface area contributed by atoms with Crippen LogP contribution in [0, 0.1) is 18.7 Å². The van der Waals surface area contributed by atoms with Gasteiger partial charge in [0.15, 0.2) is 11.6 Å². The maximum Gasteiger partial charge on any atom is 0.255 e. The summed E-state index contributed by atoms with van der Waals surface area (Å²) < 4.78 is 25.7. The number of carbonyl (C=O) groups excluding carboxylic acids is 2. The summed E-state index contributed by atoms with van der Waals surface area (Å²) in [6, 6.07) is 2.21. The van der Waals surface area contributed by atoms with Crippen LogP contribution in [0.5, 0.6) is 11.5 Å². The van der Waals surface area contributed by atoms with Crippen molar-refractivity contribution in [2.24, 2.45) is 5.92 Å². The number of fused-ring (bicyclic) bond motifs is 1. The smallest absolute Gasteiger partial charge is 0.255 e. The minimum Gasteiger partial charge on any atom is -0.494 e. The number of benzene rings is 1. The van der Waals surface area contributed by atoms with Crippen LogP contribution >= 0.6 is 0 Å². The molecule has 1 saturated carbocycles. The molecule has 2 atom stereocenters. The number of aromatic nitrogens is 3. The molecule has 11 heteroatoms. The first-order valence-electron chi connectivity index (χ1n) is 12.3. The average molecular weight is 512 g/mol. The Labute approximate surface area is 213 Å². The maximum atomic E-state index is 14.6. The van der Waals surface area contributed by atoms with E-state index >= 15 is 0 Å². The van der Waals surface area contributed by atoms with E-state index < -0.39 is 23.9 Å². The molecular formula is C26H30FN5O5. The Morgan fingerprint density at radius 2 is 2.03 bits per heavy atom. The molecule has 196 valence electrons. The fourth-order valence-corrected chi connectivity index (χ4v) is 4.70. The van der Waals surface area contributed by atoms with E-state index in [4.69, 9.17) is 9.47 Å². The predicted octanol–water partition coefficient (Wildman–Crippen LogP) is 2.58. The van der Waals surface area contributed by atoms with Gasteiger partial charge in [0.1, 0.15) is 23.3 Å². The van der Waals surface area contributed by atoms with Gasteiger partial charge in [-0.2, -0.15) is 0 Å². The molecule has 1 aliphatic heterocycles. The molecule has 5 rings (SSSR count). The largest absolute Gasteiger partial charge is 0.494 e. The minimum absolute atomic E-state index is 0.0445. The van der Waals surface area contributed by atoms with Gasteiger partial charge in [0.05, 0.1) is 36.9 Å². The summed E-state index contributed by atoms with van der Waals surface area (Å²) >= 11 is 0. The first-order chi connectivity index (χ1) is 17.8. The fraction of sp³-hybridized carbons (Fsp3) is 0.462. The highest BCUT2D eigenvalue weighted by molar-refractivity contribution is 6.09. The second-order valence-corrected chi connectivity index (χ2v) is 9.71. The van der Waals surface area contributed by atoms with Crippen LogP contribution in [-0.4, -0.2) is 75.7 Å². The van der Waals surface area contributed by atoms with Crippen LogP contribution in [0.3, 0.4) is 0 Å². The predicted molar refractivity (Wildman–Crippen MR) is 133 cm³/mol. The lowest BCUT2D eigenvalue weighted by Crippen LogP contribution is -2.56. The van der Waals surface area contributed by atoms with Crippen LogP contribution < -0.4 is 14.8 Å². The van der Waals surface area contributed by atoms with Crippen molar-refractivity contribution in [2.45, 2.75) is 45.3 Å². The number of H-pyrrole nitrogens is 1. The van der Waals surface area contributed by atoms with E-state index in [0.717, 1.165) is 12.8 Å². The molecule has 3 heterocycles. The molecule has 2 aliphatic rings. The molecule has 1 aliphatic carbocycles. The molecule has 2 fully saturated rings. The number of nitrogens with zero attached hydrogens (tertiary/aromatic N) is 3. The van der Waals surface area contributed by atoms with Crippen LogP contribution in [0.15, 0.2) is 18.5 Å². The quantitative estimate of drug-likeness (QED) is 0.445. The van der Waals surface area contributed by atoms with E-state index in [0.29, 0.717) is 64.8 Å². The molecule has 2 aromatic heterocycles. The van der Waals surface area contributed by atoms with Crippen LogP contribution in [-0.2, 0) is 4.79 Å². The zero-order chi connectivity index (χ0) is 26.3. The number of halogens is 1. The van der Waals surface area contributed by atoms with Crippen molar-refractivity contribution in [3.63, 3.8) is 0 Å². The van der Waals surface area contributed by atoms with Crippen molar-refractivity contribution in [3.8, 4) is 22.8 Å². The number of carbonyl (C=O) groups is 2. The zero-order valence-electron chi connectivity index (χ0n) is 21.0. The Bertz CT molecular complexity index is 1350. The van der Waals surface area contributed by atoms with Crippen molar-refractivity contribution < 1.29 is 28.6 Å². The summed E-state index contributed by atoms with van der Waals surface area (Å²) in [5, 5.41) is 13.3. The summed E-state index contributed by atoms with van der Waals surface area (Å²) in [6.45, 7) is 4.35. The Hall–Kier alpha value is -3.73. The number of nitrogens with one attached hydrogen (secondary N) is 2. The van der Waals surface area contributed by atoms with E-state index in [1.165, 1.54) is 32.5 Å². The van der Waals surface area contributed by atoms with Gasteiger partial charge in [-0.3, -0.25) is 9.59 Å². The number of hydrogen-bond acceptors (Lipinski definition) is 7. The number of aliphatic hydroxyl groups is 1. The maximum absolute atomic E-state index is 14.6. The number of rotatable bonds is 7. The summed E-state index contributed by atoms with van der Waals surface area (Å²) in [4.78, 5) is 38.8. The molecule has 37 heavy (non-hydrogen) atoms. The van der Waals surface area contributed by atoms with Crippen LogP contribution in [0.25, 0.3) is 22.3 Å². The molecule has 1 saturated heterocycles. The number of ether oxygens (including phenoxy) is 2. The van der Waals surface area contributed by atoms with Gasteiger partial charge < -0.3 is 29.8 Å². The molecular weight excluding hydrogens is 481 g/mol. The van der Waals surface area contributed by atoms with E-state index in [2.05, 4.69) is 20.3 Å². The Morgan fingerprint density at radius 3 is 2.73 bits per heavy atom. The number of methoxy groups -OCH3 is 1. The van der Waals surface area contributed by atoms with E-state index in [1.54, 1.807) is 11.8 Å². The average Bonchev–Trinajstić information content (AvgIpc) is 3.63. The van der Waals surface area contributed by atoms with Crippen molar-refractivity contribution in [1.29, 1.82) is 0 Å². The fourth-order valence-electron chi connectivity index (χ4n) is 4.70. The third-order valence-electron chi connectivity index (χ3n) is 7.02. The van der Waals surface area contributed by atoms with E-state index in [1.807, 2.05) is 0 Å². The molecule has 3 aromatic rings. The van der Waals surface area contributed by atoms with Crippen molar-refractivity contribution in [1.82, 2.24) is 25.2 Å². The highest BCUT2D eigenvalue weighted by atomic mass is 19.1. The summed E-state index contributed by atoms with van der Waals surface area (Å²) in [5.74, 6) is -0.247. The molecule has 2 unspecified atom stereocenters. The van der Waals surface area contributed by atoms with Gasteiger partial charge in [-0.1, -0.05) is 0 Å². The van der Waals surface area contributed by atoms with Crippen LogP contribution in [0.2, 0.25) is 0 Å². The molecule has 0 radical (unpaired) electrons. The third kappa shape index (κ3) is 4.95. The van der Waals surface area contributed by atoms with Crippen molar-refractivity contribution in [2.75, 3.05) is 26.8 Å². The molecule has 0 spiro atoms. The van der Waals surface area contributed by atoms with Gasteiger partial charge in [0.25, 0.3) is 5.91 Å². The monoisotopic (exact) mass is 511 g/mol. The number of hydrogen-bond donors (Lipinski definition) is 3. The molecule has 10 nitrogen and oxygen atoms in total. The van der Waals surface area contributed by atoms with Gasteiger partial charge in [-0.25, -0.2) is 14.4 Å². The summed E-state index contributed by atoms with van der Waals surface area (Å²) in [5.41, 5.74) is 2.68. The second-order valence-electron chi connectivity index (χ2n) is 9.71. The Morgan fingerprint density at radius 1 is 1.24 bits per heavy atom. The van der Waals surface area contributed by atoms with Gasteiger partial charge in [0.2, 0.25) is 5.91 Å². The lowest BCUT2D eigenvalue weighted by atomic mass is 10.0. The van der Waals surface area contributed by atoms with E-state index in [9.17, 15) is 19.1 Å². The zero-order valence-corrected chi connectivity index (χ0v) is 21.0. The van der Waals surface area contributed by atoms with Gasteiger partial charge in [0, 0.05) is 37.3 Å². The number of amides is 2. The Balaban J connectivity index is 1.51. The summed E-state index contributed by atoms with van der Waals surface area (Å²) in [6.07, 6.45) is 3.11. The highest BCUT2D eigenvalue weighted by Crippen LogP contribution is 2.39. The highest BCUT2D eigenvalue weighted by Gasteiger charge is 2.32. The number of piperidine rings is 1. The number of aliphatic hydroxyl groups excluding tert-OH is 1. The molecule has 3 N–H and O–H groups in total. The van der Waals surface area contributed by atoms with Crippen LogP contribution in [0.1, 0.15) is 42.2 Å². The van der Waals surface area contributed by atoms with Gasteiger partial charge >= 0.3 is 0 Å². The normalized spacial score (nSPS) is 19.6. The van der Waals surface area contributed by atoms with Crippen LogP contribution in [0.4, 0.5) is 4.39 Å². The second kappa shape index (κ2) is 9.97. The van der Waals surface area contributed by atoms with Gasteiger partial charge in [-0.15, -0.1) is 0 Å². The topological polar surface area (TPSA) is 130 Å². The first-order valence-corrected chi connectivity index (χ1v) is 12.3. The Kier molecular flexibility index (Phi) is 6.72. The molecule has 0 bridgehead atoms. The number of aromatic amines is 1. The summed E-state index contributed by atoms with van der Waals surface area (Å²) in [7, 11) is 1.39. The first kappa shape index (κ1) is 24.9. The van der Waals surface area contributed by atoms with Crippen molar-refractivity contribution >= 4 is 22.8 Å². The minimum atomic E-state index is -0.770. The lowest BCUT2D eigenvalue weighted by Gasteiger charge is -2.36. The molecule has 2 amide bonds. The number of aryl methyl sites for hydroxylation is 1. The third-order valence-corrected chi connectivity index (χ3v) is 7.02.